The second kappa shape index (κ2) is 8.63. The first-order chi connectivity index (χ1) is 12.4. The molecule has 0 spiro atoms. The fourth-order valence-electron chi connectivity index (χ4n) is 2.75. The van der Waals surface area contributed by atoms with Crippen LogP contribution >= 0.6 is 11.6 Å². The molecule has 0 aliphatic rings. The second-order valence-electron chi connectivity index (χ2n) is 5.98. The Hall–Kier alpha value is -2.66. The van der Waals surface area contributed by atoms with Crippen molar-refractivity contribution in [3.05, 3.63) is 53.6 Å². The second-order valence-corrected chi connectivity index (χ2v) is 6.42. The van der Waals surface area contributed by atoms with E-state index in [0.29, 0.717) is 17.1 Å². The van der Waals surface area contributed by atoms with Gasteiger partial charge >= 0.3 is 0 Å². The molecule has 0 aliphatic carbocycles. The molecule has 2 N–H and O–H groups in total. The van der Waals surface area contributed by atoms with Crippen LogP contribution in [0, 0.1) is 16.7 Å². The zero-order chi connectivity index (χ0) is 19.3. The molecule has 136 valence electrons. The first kappa shape index (κ1) is 19.7. The molecule has 0 radical (unpaired) electrons. The first-order valence-electron chi connectivity index (χ1n) is 8.38. The van der Waals surface area contributed by atoms with E-state index >= 15 is 0 Å². The highest BCUT2D eigenvalue weighted by Gasteiger charge is 2.24. The minimum atomic E-state index is -0.552. The molecule has 0 bridgehead atoms. The van der Waals surface area contributed by atoms with Crippen molar-refractivity contribution in [2.45, 2.75) is 20.3 Å². The van der Waals surface area contributed by atoms with Crippen molar-refractivity contribution in [1.82, 2.24) is 0 Å². The molecule has 1 atom stereocenters. The van der Waals surface area contributed by atoms with Crippen LogP contribution < -0.4 is 9.80 Å². The van der Waals surface area contributed by atoms with E-state index in [1.54, 1.807) is 6.92 Å². The molecule has 0 saturated carbocycles. The molecule has 2 aromatic carbocycles. The van der Waals surface area contributed by atoms with Crippen molar-refractivity contribution in [2.24, 2.45) is 5.92 Å². The van der Waals surface area contributed by atoms with E-state index in [1.165, 1.54) is 4.90 Å². The lowest BCUT2D eigenvalue weighted by Gasteiger charge is -2.31. The highest BCUT2D eigenvalue weighted by atomic mass is 35.5. The highest BCUT2D eigenvalue weighted by Crippen LogP contribution is 2.34. The van der Waals surface area contributed by atoms with Crippen molar-refractivity contribution in [3.8, 4) is 0 Å². The van der Waals surface area contributed by atoms with E-state index in [4.69, 9.17) is 22.4 Å². The molecular weight excluding hydrogens is 348 g/mol. The van der Waals surface area contributed by atoms with Gasteiger partial charge in [-0.25, -0.2) is 0 Å². The Bertz CT molecular complexity index is 804. The molecule has 6 heteroatoms. The number of halogens is 1. The lowest BCUT2D eigenvalue weighted by atomic mass is 10.0. The Morgan fingerprint density at radius 3 is 2.19 bits per heavy atom. The summed E-state index contributed by atoms with van der Waals surface area (Å²) in [6.07, 6.45) is 1.28. The summed E-state index contributed by atoms with van der Waals surface area (Å²) in [5.41, 5.74) is 2.44. The number of para-hydroxylation sites is 2. The van der Waals surface area contributed by atoms with Gasteiger partial charge in [0.2, 0.25) is 0 Å². The van der Waals surface area contributed by atoms with Crippen LogP contribution in [-0.2, 0) is 4.79 Å². The predicted molar refractivity (Wildman–Crippen MR) is 109 cm³/mol. The average molecular weight is 371 g/mol. The summed E-state index contributed by atoms with van der Waals surface area (Å²) in [4.78, 5) is 14.8. The number of nitrogens with zero attached hydrogens (tertiary/aromatic N) is 2. The van der Waals surface area contributed by atoms with Gasteiger partial charge in [0.05, 0.1) is 17.3 Å². The van der Waals surface area contributed by atoms with Crippen LogP contribution in [0.1, 0.15) is 20.3 Å². The van der Waals surface area contributed by atoms with Crippen LogP contribution in [0.4, 0.5) is 17.1 Å². The number of carbonyl (C=O) groups excluding carboxylic acids is 1. The third kappa shape index (κ3) is 4.11. The lowest BCUT2D eigenvalue weighted by molar-refractivity contribution is -0.109. The van der Waals surface area contributed by atoms with Crippen LogP contribution in [0.2, 0.25) is 5.02 Å². The number of nitrogens with one attached hydrogen (secondary N) is 2. The van der Waals surface area contributed by atoms with Crippen molar-refractivity contribution in [2.75, 3.05) is 16.8 Å². The molecule has 0 saturated heterocycles. The summed E-state index contributed by atoms with van der Waals surface area (Å²) < 4.78 is 0. The fourth-order valence-corrected chi connectivity index (χ4v) is 2.88. The van der Waals surface area contributed by atoms with Gasteiger partial charge in [-0.1, -0.05) is 30.7 Å². The topological polar surface area (TPSA) is 71.2 Å². The van der Waals surface area contributed by atoms with Gasteiger partial charge in [-0.15, -0.1) is 0 Å². The number of hydrogen-bond donors (Lipinski definition) is 2. The van der Waals surface area contributed by atoms with E-state index in [-0.39, 0.29) is 11.7 Å². The van der Waals surface area contributed by atoms with Gasteiger partial charge in [-0.05, 0) is 49.7 Å². The SMILES string of the molecule is CCC(C=O)C(=N)N(C(C)=N)c1ccccc1N(C)c1ccc(Cl)cc1. The quantitative estimate of drug-likeness (QED) is 0.421. The molecule has 0 amide bonds. The van der Waals surface area contributed by atoms with E-state index in [0.717, 1.165) is 17.7 Å². The van der Waals surface area contributed by atoms with Gasteiger partial charge < -0.3 is 9.69 Å². The van der Waals surface area contributed by atoms with Crippen LogP contribution in [-0.4, -0.2) is 25.0 Å². The average Bonchev–Trinajstić information content (AvgIpc) is 2.63. The van der Waals surface area contributed by atoms with Crippen molar-refractivity contribution in [3.63, 3.8) is 0 Å². The Balaban J connectivity index is 2.51. The zero-order valence-corrected chi connectivity index (χ0v) is 15.9. The van der Waals surface area contributed by atoms with Gasteiger partial charge in [0, 0.05) is 17.8 Å². The summed E-state index contributed by atoms with van der Waals surface area (Å²) >= 11 is 5.98. The van der Waals surface area contributed by atoms with Gasteiger partial charge in [-0.2, -0.15) is 0 Å². The van der Waals surface area contributed by atoms with Gasteiger partial charge in [0.1, 0.15) is 18.0 Å². The molecule has 0 heterocycles. The summed E-state index contributed by atoms with van der Waals surface area (Å²) in [5.74, 6) is -0.261. The van der Waals surface area contributed by atoms with Crippen LogP contribution in [0.3, 0.4) is 0 Å². The molecule has 26 heavy (non-hydrogen) atoms. The predicted octanol–water partition coefficient (Wildman–Crippen LogP) is 5.11. The maximum Gasteiger partial charge on any atom is 0.130 e. The third-order valence-electron chi connectivity index (χ3n) is 4.23. The van der Waals surface area contributed by atoms with Crippen LogP contribution in [0.15, 0.2) is 48.5 Å². The number of anilines is 3. The number of benzene rings is 2. The summed E-state index contributed by atoms with van der Waals surface area (Å²) in [7, 11) is 1.92. The van der Waals surface area contributed by atoms with E-state index in [2.05, 4.69) is 0 Å². The number of carbonyl (C=O) groups is 1. The van der Waals surface area contributed by atoms with Crippen molar-refractivity contribution >= 4 is 46.6 Å². The van der Waals surface area contributed by atoms with Gasteiger partial charge in [0.25, 0.3) is 0 Å². The standard InChI is InChI=1S/C20H23ClN4O/c1-4-15(13-26)20(23)25(14(2)22)19-8-6-5-7-18(19)24(3)17-11-9-16(21)10-12-17/h5-13,15,22-23H,4H2,1-3H3. The molecule has 0 fully saturated rings. The number of rotatable bonds is 6. The maximum absolute atomic E-state index is 11.3. The monoisotopic (exact) mass is 370 g/mol. The van der Waals surface area contributed by atoms with Gasteiger partial charge in [0.15, 0.2) is 0 Å². The Kier molecular flexibility index (Phi) is 6.52. The Labute approximate surface area is 159 Å². The molecule has 2 rings (SSSR count). The van der Waals surface area contributed by atoms with Crippen LogP contribution in [0.5, 0.6) is 0 Å². The van der Waals surface area contributed by atoms with E-state index < -0.39 is 5.92 Å². The highest BCUT2D eigenvalue weighted by molar-refractivity contribution is 6.30. The van der Waals surface area contributed by atoms with Crippen molar-refractivity contribution in [1.29, 1.82) is 10.8 Å². The first-order valence-corrected chi connectivity index (χ1v) is 8.75. The van der Waals surface area contributed by atoms with Crippen molar-refractivity contribution < 1.29 is 4.79 Å². The molecule has 0 aliphatic heterocycles. The minimum absolute atomic E-state index is 0.104. The maximum atomic E-state index is 11.3. The lowest BCUT2D eigenvalue weighted by Crippen LogP contribution is -2.40. The molecular formula is C20H23ClN4O. The Morgan fingerprint density at radius 1 is 1.12 bits per heavy atom. The van der Waals surface area contributed by atoms with Gasteiger partial charge in [-0.3, -0.25) is 15.7 Å². The summed E-state index contributed by atoms with van der Waals surface area (Å²) in [6.45, 7) is 3.47. The molecule has 5 nitrogen and oxygen atoms in total. The molecule has 1 unspecified atom stereocenters. The normalized spacial score (nSPS) is 11.5. The van der Waals surface area contributed by atoms with E-state index in [9.17, 15) is 4.79 Å². The zero-order valence-electron chi connectivity index (χ0n) is 15.2. The Morgan fingerprint density at radius 2 is 1.69 bits per heavy atom. The molecule has 2 aromatic rings. The number of amidine groups is 2. The third-order valence-corrected chi connectivity index (χ3v) is 4.48. The molecule has 0 aromatic heterocycles. The smallest absolute Gasteiger partial charge is 0.130 e. The van der Waals surface area contributed by atoms with Crippen LogP contribution in [0.25, 0.3) is 0 Å². The van der Waals surface area contributed by atoms with E-state index in [1.807, 2.05) is 67.4 Å². The minimum Gasteiger partial charge on any atom is -0.343 e. The largest absolute Gasteiger partial charge is 0.343 e. The number of hydrogen-bond acceptors (Lipinski definition) is 4. The summed E-state index contributed by atoms with van der Waals surface area (Å²) in [6, 6.07) is 15.0. The fraction of sp³-hybridized carbons (Fsp3) is 0.250. The number of aldehydes is 1. The summed E-state index contributed by atoms with van der Waals surface area (Å²) in [5, 5.41) is 17.3.